The predicted molar refractivity (Wildman–Crippen MR) is 167 cm³/mol. The van der Waals surface area contributed by atoms with Crippen molar-refractivity contribution in [2.45, 2.75) is 26.4 Å². The van der Waals surface area contributed by atoms with Crippen molar-refractivity contribution >= 4 is 27.8 Å². The Morgan fingerprint density at radius 3 is 2.52 bits per heavy atom. The number of aryl methyl sites for hydroxylation is 2. The number of nitriles is 1. The molecule has 9 nitrogen and oxygen atoms in total. The van der Waals surface area contributed by atoms with Crippen molar-refractivity contribution in [3.8, 4) is 34.6 Å². The van der Waals surface area contributed by atoms with Crippen LogP contribution in [0.4, 0.5) is 4.79 Å². The summed E-state index contributed by atoms with van der Waals surface area (Å²) >= 11 is 0. The highest BCUT2D eigenvalue weighted by Crippen LogP contribution is 2.38. The van der Waals surface area contributed by atoms with Gasteiger partial charge in [-0.3, -0.25) is 4.68 Å². The van der Waals surface area contributed by atoms with Crippen molar-refractivity contribution in [2.75, 3.05) is 6.61 Å². The first-order valence-electron chi connectivity index (χ1n) is 14.2. The van der Waals surface area contributed by atoms with Crippen molar-refractivity contribution in [1.82, 2.24) is 14.8 Å². The molecular weight excluding hydrogens is 556 g/mol. The minimum Gasteiger partial charge on any atom is -0.493 e. The number of rotatable bonds is 10. The zero-order valence-electron chi connectivity index (χ0n) is 24.3. The number of aromatic amines is 1. The van der Waals surface area contributed by atoms with E-state index in [1.165, 1.54) is 0 Å². The number of benzene rings is 4. The molecule has 0 spiro atoms. The normalized spacial score (nSPS) is 11.0. The fourth-order valence-corrected chi connectivity index (χ4v) is 5.59. The van der Waals surface area contributed by atoms with Crippen molar-refractivity contribution in [2.24, 2.45) is 7.05 Å². The maximum Gasteiger partial charge on any atom is 0.512 e. The van der Waals surface area contributed by atoms with Crippen molar-refractivity contribution in [3.63, 3.8) is 0 Å². The van der Waals surface area contributed by atoms with Gasteiger partial charge < -0.3 is 24.3 Å². The second-order valence-electron chi connectivity index (χ2n) is 10.4. The Balaban J connectivity index is 1.30. The first-order chi connectivity index (χ1) is 21.4. The molecule has 2 heterocycles. The summed E-state index contributed by atoms with van der Waals surface area (Å²) in [7, 11) is 1.86. The van der Waals surface area contributed by atoms with E-state index >= 15 is 0 Å². The van der Waals surface area contributed by atoms with Crippen LogP contribution in [0.3, 0.4) is 0 Å². The zero-order chi connectivity index (χ0) is 30.6. The molecule has 0 unspecified atom stereocenters. The molecule has 0 aliphatic carbocycles. The van der Waals surface area contributed by atoms with E-state index in [2.05, 4.69) is 11.1 Å². The molecule has 0 saturated carbocycles. The number of nitrogens with zero attached hydrogens (tertiary/aromatic N) is 3. The molecule has 0 amide bonds. The van der Waals surface area contributed by atoms with E-state index in [1.54, 1.807) is 22.9 Å². The number of para-hydroxylation sites is 2. The standard InChI is InChI=1S/C35H30N4O5/c1-22-32(29(38-39(22)2)21-43-30-17-6-4-11-24(30)20-36)28-15-8-14-26-27(34(37-33(26)28)44-35(40)41)16-9-19-42-31-18-7-12-23-10-3-5-13-25(23)31/h3-8,10-15,17-18,37H,9,16,19,21H2,1-2H3,(H,40,41). The van der Waals surface area contributed by atoms with Crippen LogP contribution in [-0.4, -0.2) is 32.6 Å². The van der Waals surface area contributed by atoms with Crippen LogP contribution in [0.5, 0.6) is 17.4 Å². The van der Waals surface area contributed by atoms with Gasteiger partial charge in [-0.1, -0.05) is 66.7 Å². The summed E-state index contributed by atoms with van der Waals surface area (Å²) in [6.45, 7) is 2.56. The van der Waals surface area contributed by atoms with E-state index in [1.807, 2.05) is 80.7 Å². The van der Waals surface area contributed by atoms with Gasteiger partial charge >= 0.3 is 6.16 Å². The first kappa shape index (κ1) is 28.4. The fraction of sp³-hybridized carbons (Fsp3) is 0.171. The number of H-pyrrole nitrogens is 1. The molecular formula is C35H30N4O5. The van der Waals surface area contributed by atoms with Gasteiger partial charge in [-0.25, -0.2) is 4.79 Å². The lowest BCUT2D eigenvalue weighted by Crippen LogP contribution is -2.06. The lowest BCUT2D eigenvalue weighted by molar-refractivity contribution is 0.142. The maximum atomic E-state index is 11.7. The zero-order valence-corrected chi connectivity index (χ0v) is 24.3. The van der Waals surface area contributed by atoms with Crippen LogP contribution in [0.15, 0.2) is 84.9 Å². The maximum absolute atomic E-state index is 11.7. The summed E-state index contributed by atoms with van der Waals surface area (Å²) in [5.74, 6) is 1.48. The molecule has 9 heteroatoms. The average molecular weight is 587 g/mol. The van der Waals surface area contributed by atoms with Gasteiger partial charge in [0.05, 0.1) is 17.7 Å². The van der Waals surface area contributed by atoms with Gasteiger partial charge in [-0.05, 0) is 43.4 Å². The van der Waals surface area contributed by atoms with E-state index < -0.39 is 6.16 Å². The van der Waals surface area contributed by atoms with Crippen LogP contribution in [0, 0.1) is 18.3 Å². The van der Waals surface area contributed by atoms with Crippen LogP contribution in [0.25, 0.3) is 32.8 Å². The highest BCUT2D eigenvalue weighted by Gasteiger charge is 2.22. The molecule has 0 atom stereocenters. The summed E-state index contributed by atoms with van der Waals surface area (Å²) in [6.07, 6.45) is -0.224. The van der Waals surface area contributed by atoms with E-state index in [0.717, 1.165) is 49.8 Å². The smallest absolute Gasteiger partial charge is 0.493 e. The minimum absolute atomic E-state index is 0.143. The first-order valence-corrected chi connectivity index (χ1v) is 14.2. The van der Waals surface area contributed by atoms with Crippen LogP contribution >= 0.6 is 0 Å². The molecule has 2 N–H and O–H groups in total. The molecule has 220 valence electrons. The van der Waals surface area contributed by atoms with Crippen LogP contribution < -0.4 is 14.2 Å². The molecule has 0 aliphatic rings. The summed E-state index contributed by atoms with van der Waals surface area (Å²) in [6, 6.07) is 29.1. The highest BCUT2D eigenvalue weighted by molar-refractivity contribution is 5.99. The number of fused-ring (bicyclic) bond motifs is 2. The Labute approximate surface area is 253 Å². The topological polar surface area (TPSA) is 122 Å². The number of hydrogen-bond donors (Lipinski definition) is 2. The third-order valence-electron chi connectivity index (χ3n) is 7.72. The lowest BCUT2D eigenvalue weighted by atomic mass is 9.99. The Morgan fingerprint density at radius 1 is 0.955 bits per heavy atom. The van der Waals surface area contributed by atoms with Gasteiger partial charge in [-0.2, -0.15) is 10.4 Å². The largest absolute Gasteiger partial charge is 0.512 e. The Kier molecular flexibility index (Phi) is 7.89. The van der Waals surface area contributed by atoms with Crippen LogP contribution in [0.2, 0.25) is 0 Å². The Bertz CT molecular complexity index is 2030. The van der Waals surface area contributed by atoms with Crippen LogP contribution in [0.1, 0.15) is 28.9 Å². The van der Waals surface area contributed by atoms with Crippen molar-refractivity contribution in [3.05, 3.63) is 107 Å². The van der Waals surface area contributed by atoms with Crippen LogP contribution in [-0.2, 0) is 20.1 Å². The summed E-state index contributed by atoms with van der Waals surface area (Å²) in [5.41, 5.74) is 5.24. The summed E-state index contributed by atoms with van der Waals surface area (Å²) < 4.78 is 19.2. The molecule has 6 rings (SSSR count). The third kappa shape index (κ3) is 5.53. The molecule has 4 aromatic carbocycles. The van der Waals surface area contributed by atoms with Gasteiger partial charge in [0.1, 0.15) is 29.9 Å². The second-order valence-corrected chi connectivity index (χ2v) is 10.4. The van der Waals surface area contributed by atoms with Crippen molar-refractivity contribution in [1.29, 1.82) is 5.26 Å². The molecule has 0 saturated heterocycles. The molecule has 44 heavy (non-hydrogen) atoms. The molecule has 0 radical (unpaired) electrons. The minimum atomic E-state index is -1.39. The number of ether oxygens (including phenoxy) is 3. The Hall–Kier alpha value is -5.75. The highest BCUT2D eigenvalue weighted by atomic mass is 16.7. The fourth-order valence-electron chi connectivity index (χ4n) is 5.59. The quantitative estimate of drug-likeness (QED) is 0.126. The number of carboxylic acid groups (broad SMARTS) is 1. The molecule has 2 aromatic heterocycles. The van der Waals surface area contributed by atoms with E-state index in [9.17, 15) is 15.2 Å². The van der Waals surface area contributed by atoms with Gasteiger partial charge in [0.2, 0.25) is 5.88 Å². The molecule has 0 fully saturated rings. The third-order valence-corrected chi connectivity index (χ3v) is 7.72. The lowest BCUT2D eigenvalue weighted by Gasteiger charge is -2.10. The van der Waals surface area contributed by atoms with Gasteiger partial charge in [0, 0.05) is 40.2 Å². The van der Waals surface area contributed by atoms with E-state index in [-0.39, 0.29) is 12.5 Å². The number of carbonyl (C=O) groups is 1. The van der Waals surface area contributed by atoms with E-state index in [0.29, 0.717) is 36.5 Å². The monoisotopic (exact) mass is 586 g/mol. The van der Waals surface area contributed by atoms with E-state index in [4.69, 9.17) is 19.3 Å². The summed E-state index contributed by atoms with van der Waals surface area (Å²) in [4.78, 5) is 14.9. The number of aromatic nitrogens is 3. The number of nitrogens with one attached hydrogen (secondary N) is 1. The molecule has 0 aliphatic heterocycles. The second kappa shape index (κ2) is 12.2. The van der Waals surface area contributed by atoms with Gasteiger partial charge in [-0.15, -0.1) is 0 Å². The molecule has 6 aromatic rings. The SMILES string of the molecule is Cc1c(-c2cccc3c(CCCOc4cccc5ccccc45)c(OC(=O)O)[nH]c23)c(COc2ccccc2C#N)nn1C. The van der Waals surface area contributed by atoms with Crippen molar-refractivity contribution < 1.29 is 24.1 Å². The van der Waals surface area contributed by atoms with Gasteiger partial charge in [0.15, 0.2) is 0 Å². The Morgan fingerprint density at radius 2 is 1.68 bits per heavy atom. The molecule has 0 bridgehead atoms. The number of hydrogen-bond acceptors (Lipinski definition) is 6. The predicted octanol–water partition coefficient (Wildman–Crippen LogP) is 7.55. The van der Waals surface area contributed by atoms with Gasteiger partial charge in [0.25, 0.3) is 0 Å². The summed E-state index contributed by atoms with van der Waals surface area (Å²) in [5, 5.41) is 26.7. The average Bonchev–Trinajstić information content (AvgIpc) is 3.52.